The lowest BCUT2D eigenvalue weighted by atomic mass is 10.1. The van der Waals surface area contributed by atoms with Gasteiger partial charge >= 0.3 is 6.18 Å². The second kappa shape index (κ2) is 7.29. The molecule has 0 aromatic rings. The molecule has 0 saturated heterocycles. The Balaban J connectivity index is 2.29. The summed E-state index contributed by atoms with van der Waals surface area (Å²) in [6, 6.07) is 0.325. The van der Waals surface area contributed by atoms with Crippen LogP contribution in [0.3, 0.4) is 0 Å². The predicted octanol–water partition coefficient (Wildman–Crippen LogP) is 3.21. The zero-order valence-electron chi connectivity index (χ0n) is 12.1. The number of nitrogens with one attached hydrogen (secondary N) is 1. The van der Waals surface area contributed by atoms with E-state index in [1.54, 1.807) is 0 Å². The topological polar surface area (TPSA) is 15.3 Å². The number of hydrogen-bond acceptors (Lipinski definition) is 2. The molecule has 0 bridgehead atoms. The molecule has 2 nitrogen and oxygen atoms in total. The molecule has 0 spiro atoms. The minimum Gasteiger partial charge on any atom is -0.316 e. The predicted molar refractivity (Wildman–Crippen MR) is 72.1 cm³/mol. The third-order valence-electron chi connectivity index (χ3n) is 3.52. The van der Waals surface area contributed by atoms with Crippen molar-refractivity contribution in [3.8, 4) is 0 Å². The first-order chi connectivity index (χ1) is 8.80. The van der Waals surface area contributed by atoms with Gasteiger partial charge in [0, 0.05) is 24.7 Å². The molecule has 5 heteroatoms. The fourth-order valence-electron chi connectivity index (χ4n) is 2.23. The zero-order chi connectivity index (χ0) is 14.5. The summed E-state index contributed by atoms with van der Waals surface area (Å²) in [4.78, 5) is 2.12. The van der Waals surface area contributed by atoms with E-state index in [0.717, 1.165) is 19.5 Å². The normalized spacial score (nSPS) is 19.6. The second-order valence-electron chi connectivity index (χ2n) is 5.71. The Morgan fingerprint density at radius 3 is 2.47 bits per heavy atom. The first kappa shape index (κ1) is 16.5. The summed E-state index contributed by atoms with van der Waals surface area (Å²) in [6.07, 6.45) is -1.72. The summed E-state index contributed by atoms with van der Waals surface area (Å²) in [6.45, 7) is 9.24. The van der Waals surface area contributed by atoms with Gasteiger partial charge in [-0.05, 0) is 38.8 Å². The van der Waals surface area contributed by atoms with Crippen LogP contribution in [0.25, 0.3) is 0 Å². The van der Waals surface area contributed by atoms with E-state index in [4.69, 9.17) is 0 Å². The van der Waals surface area contributed by atoms with E-state index < -0.39 is 6.18 Å². The van der Waals surface area contributed by atoms with Crippen LogP contribution in [-0.2, 0) is 0 Å². The molecule has 0 saturated carbocycles. The molecule has 0 amide bonds. The Morgan fingerprint density at radius 2 is 2.00 bits per heavy atom. The quantitative estimate of drug-likeness (QED) is 0.593. The maximum absolute atomic E-state index is 12.5. The second-order valence-corrected chi connectivity index (χ2v) is 5.71. The Morgan fingerprint density at radius 1 is 1.32 bits per heavy atom. The van der Waals surface area contributed by atoms with E-state index in [0.29, 0.717) is 25.0 Å². The van der Waals surface area contributed by atoms with Gasteiger partial charge in [0.25, 0.3) is 0 Å². The molecule has 1 rings (SSSR count). The van der Waals surface area contributed by atoms with Crippen molar-refractivity contribution in [2.45, 2.75) is 45.8 Å². The average Bonchev–Trinajstić information content (AvgIpc) is 2.33. The van der Waals surface area contributed by atoms with Crippen molar-refractivity contribution in [3.05, 3.63) is 11.6 Å². The molecular weight excluding hydrogens is 253 g/mol. The zero-order valence-corrected chi connectivity index (χ0v) is 12.1. The molecule has 0 aromatic carbocycles. The van der Waals surface area contributed by atoms with Crippen LogP contribution in [0.2, 0.25) is 0 Å². The summed E-state index contributed by atoms with van der Waals surface area (Å²) >= 11 is 0. The molecule has 0 aromatic heterocycles. The van der Waals surface area contributed by atoms with Crippen molar-refractivity contribution in [1.82, 2.24) is 10.2 Å². The van der Waals surface area contributed by atoms with Crippen LogP contribution >= 0.6 is 0 Å². The number of halogens is 3. The van der Waals surface area contributed by atoms with E-state index in [1.807, 2.05) is 0 Å². The molecule has 0 aliphatic carbocycles. The van der Waals surface area contributed by atoms with Gasteiger partial charge in [-0.2, -0.15) is 13.2 Å². The molecule has 0 radical (unpaired) electrons. The first-order valence-corrected chi connectivity index (χ1v) is 7.01. The monoisotopic (exact) mass is 278 g/mol. The highest BCUT2D eigenvalue weighted by molar-refractivity contribution is 5.13. The highest BCUT2D eigenvalue weighted by Gasteiger charge is 2.35. The molecular formula is C14H25F3N2. The van der Waals surface area contributed by atoms with Crippen LogP contribution in [0, 0.1) is 5.92 Å². The lowest BCUT2D eigenvalue weighted by Gasteiger charge is -2.32. The van der Waals surface area contributed by atoms with Gasteiger partial charge in [-0.1, -0.05) is 19.9 Å². The van der Waals surface area contributed by atoms with Crippen molar-refractivity contribution in [3.63, 3.8) is 0 Å². The molecule has 1 heterocycles. The van der Waals surface area contributed by atoms with Gasteiger partial charge < -0.3 is 5.32 Å². The molecule has 1 aliphatic rings. The van der Waals surface area contributed by atoms with Crippen LogP contribution in [0.4, 0.5) is 13.2 Å². The van der Waals surface area contributed by atoms with Crippen molar-refractivity contribution >= 4 is 0 Å². The minimum absolute atomic E-state index is 0.118. The molecule has 1 aliphatic heterocycles. The Bertz CT molecular complexity index is 298. The van der Waals surface area contributed by atoms with Gasteiger partial charge in [0.2, 0.25) is 0 Å². The largest absolute Gasteiger partial charge is 0.412 e. The van der Waals surface area contributed by atoms with Gasteiger partial charge in [-0.15, -0.1) is 0 Å². The fraction of sp³-hybridized carbons (Fsp3) is 0.857. The van der Waals surface area contributed by atoms with Crippen LogP contribution in [-0.4, -0.2) is 43.3 Å². The summed E-state index contributed by atoms with van der Waals surface area (Å²) in [5.74, 6) is 0.627. The van der Waals surface area contributed by atoms with Gasteiger partial charge in [-0.3, -0.25) is 4.90 Å². The maximum atomic E-state index is 12.5. The minimum atomic E-state index is -4.14. The summed E-state index contributed by atoms with van der Waals surface area (Å²) in [5, 5.41) is 3.37. The smallest absolute Gasteiger partial charge is 0.316 e. The van der Waals surface area contributed by atoms with Gasteiger partial charge in [-0.25, -0.2) is 0 Å². The average molecular weight is 278 g/mol. The van der Waals surface area contributed by atoms with Crippen molar-refractivity contribution in [2.75, 3.05) is 26.2 Å². The first-order valence-electron chi connectivity index (χ1n) is 7.01. The van der Waals surface area contributed by atoms with Crippen LogP contribution in [0.1, 0.15) is 33.6 Å². The van der Waals surface area contributed by atoms with Crippen LogP contribution in [0.15, 0.2) is 11.6 Å². The lowest BCUT2D eigenvalue weighted by Crippen LogP contribution is -2.39. The van der Waals surface area contributed by atoms with Crippen molar-refractivity contribution < 1.29 is 13.2 Å². The van der Waals surface area contributed by atoms with Gasteiger partial charge in [0.05, 0.1) is 0 Å². The highest BCUT2D eigenvalue weighted by Crippen LogP contribution is 2.30. The fourth-order valence-corrected chi connectivity index (χ4v) is 2.23. The van der Waals surface area contributed by atoms with E-state index in [9.17, 15) is 13.2 Å². The SMILES string of the molecule is CC(C)CNCCC(C)N1CC=C(C(F)(F)F)CC1. The van der Waals surface area contributed by atoms with Crippen LogP contribution < -0.4 is 5.32 Å². The number of nitrogens with zero attached hydrogens (tertiary/aromatic N) is 1. The molecule has 112 valence electrons. The van der Waals surface area contributed by atoms with Crippen molar-refractivity contribution in [1.29, 1.82) is 0 Å². The Hall–Kier alpha value is -0.550. The Kier molecular flexibility index (Phi) is 6.33. The Labute approximate surface area is 114 Å². The maximum Gasteiger partial charge on any atom is 0.412 e. The molecule has 0 fully saturated rings. The van der Waals surface area contributed by atoms with E-state index in [-0.39, 0.29) is 12.0 Å². The highest BCUT2D eigenvalue weighted by atomic mass is 19.4. The number of hydrogen-bond donors (Lipinski definition) is 1. The summed E-state index contributed by atoms with van der Waals surface area (Å²) in [7, 11) is 0. The molecule has 1 atom stereocenters. The number of rotatable bonds is 6. The third kappa shape index (κ3) is 5.95. The van der Waals surface area contributed by atoms with Gasteiger partial charge in [0.15, 0.2) is 0 Å². The molecule has 1 unspecified atom stereocenters. The molecule has 1 N–H and O–H groups in total. The summed E-state index contributed by atoms with van der Waals surface area (Å²) in [5.41, 5.74) is -0.367. The number of alkyl halides is 3. The summed E-state index contributed by atoms with van der Waals surface area (Å²) < 4.78 is 37.5. The van der Waals surface area contributed by atoms with E-state index >= 15 is 0 Å². The molecule has 19 heavy (non-hydrogen) atoms. The van der Waals surface area contributed by atoms with E-state index in [1.165, 1.54) is 6.08 Å². The van der Waals surface area contributed by atoms with Gasteiger partial charge in [0.1, 0.15) is 0 Å². The van der Waals surface area contributed by atoms with Crippen LogP contribution in [0.5, 0.6) is 0 Å². The van der Waals surface area contributed by atoms with E-state index in [2.05, 4.69) is 31.0 Å². The third-order valence-corrected chi connectivity index (χ3v) is 3.52. The standard InChI is InChI=1S/C14H25F3N2/c1-11(2)10-18-7-4-12(3)19-8-5-13(6-9-19)14(15,16)17/h5,11-12,18H,4,6-10H2,1-3H3. The lowest BCUT2D eigenvalue weighted by molar-refractivity contribution is -0.0963. The van der Waals surface area contributed by atoms with Crippen molar-refractivity contribution in [2.24, 2.45) is 5.92 Å².